The summed E-state index contributed by atoms with van der Waals surface area (Å²) in [7, 11) is 0. The van der Waals surface area contributed by atoms with Gasteiger partial charge in [-0.15, -0.1) is 6.42 Å². The number of terminal acetylenes is 1. The lowest BCUT2D eigenvalue weighted by molar-refractivity contribution is 0.0995. The van der Waals surface area contributed by atoms with Crippen LogP contribution >= 0.6 is 0 Å². The van der Waals surface area contributed by atoms with E-state index in [-0.39, 0.29) is 12.5 Å². The monoisotopic (exact) mass is 374 g/mol. The Hall–Kier alpha value is -3.14. The summed E-state index contributed by atoms with van der Waals surface area (Å²) in [6.07, 6.45) is 7.11. The number of nitrogens with one attached hydrogen (secondary N) is 1. The van der Waals surface area contributed by atoms with Crippen molar-refractivity contribution in [1.82, 2.24) is 0 Å². The molecule has 3 rings (SSSR count). The van der Waals surface area contributed by atoms with E-state index >= 15 is 0 Å². The van der Waals surface area contributed by atoms with Gasteiger partial charge in [-0.05, 0) is 49.4 Å². The molecule has 0 radical (unpaired) electrons. The maximum Gasteiger partial charge on any atom is 0.254 e. The first kappa shape index (κ1) is 18.6. The van der Waals surface area contributed by atoms with Crippen molar-refractivity contribution in [3.63, 3.8) is 0 Å². The Kier molecular flexibility index (Phi) is 5.00. The summed E-state index contributed by atoms with van der Waals surface area (Å²) < 4.78 is 48.1. The number of halogens is 3. The molecule has 1 aliphatic carbocycles. The van der Waals surface area contributed by atoms with Gasteiger partial charge in [0, 0.05) is 11.3 Å². The molecule has 2 aromatic rings. The van der Waals surface area contributed by atoms with Crippen molar-refractivity contribution in [2.75, 3.05) is 11.9 Å². The first-order valence-electron chi connectivity index (χ1n) is 8.30. The van der Waals surface area contributed by atoms with Crippen LogP contribution in [0.3, 0.4) is 0 Å². The number of rotatable bonds is 6. The van der Waals surface area contributed by atoms with E-state index in [1.165, 1.54) is 0 Å². The number of amides is 1. The summed E-state index contributed by atoms with van der Waals surface area (Å²) in [5.74, 6) is -4.05. The van der Waals surface area contributed by atoms with Gasteiger partial charge in [0.25, 0.3) is 5.91 Å². The van der Waals surface area contributed by atoms with Crippen LogP contribution in [0.1, 0.15) is 34.3 Å². The van der Waals surface area contributed by atoms with Gasteiger partial charge in [0.15, 0.2) is 17.4 Å². The van der Waals surface area contributed by atoms with Gasteiger partial charge in [-0.25, -0.2) is 8.78 Å². The van der Waals surface area contributed by atoms with Gasteiger partial charge in [-0.3, -0.25) is 4.79 Å². The third-order valence-electron chi connectivity index (χ3n) is 4.34. The Balaban J connectivity index is 2.10. The summed E-state index contributed by atoms with van der Waals surface area (Å²) >= 11 is 0. The summed E-state index contributed by atoms with van der Waals surface area (Å²) in [5.41, 5.74) is 5.73. The van der Waals surface area contributed by atoms with E-state index in [4.69, 9.17) is 16.9 Å². The molecule has 3 N–H and O–H groups in total. The van der Waals surface area contributed by atoms with Gasteiger partial charge in [0.1, 0.15) is 5.56 Å². The maximum atomic E-state index is 14.5. The molecule has 0 unspecified atom stereocenters. The summed E-state index contributed by atoms with van der Waals surface area (Å²) in [5, 5.41) is 2.62. The van der Waals surface area contributed by atoms with Crippen molar-refractivity contribution in [2.45, 2.75) is 19.8 Å². The van der Waals surface area contributed by atoms with E-state index < -0.39 is 40.4 Å². The van der Waals surface area contributed by atoms with Crippen LogP contribution in [0.15, 0.2) is 18.2 Å². The van der Waals surface area contributed by atoms with Gasteiger partial charge in [-0.1, -0.05) is 5.92 Å². The second-order valence-corrected chi connectivity index (χ2v) is 6.44. The standard InChI is InChI=1S/C20H17F3N2O2/c1-3-11-6-7-13(10(2)8-11)25-18-14(20(24)26)19(27-9-12-4-5-12)17(23)15(21)16(18)22/h1,6-8,12,25H,4-5,9H2,2H3,(H2,24,26). The molecule has 0 spiro atoms. The number of anilines is 2. The fraction of sp³-hybridized carbons (Fsp3) is 0.250. The molecule has 1 amide bonds. The number of primary amides is 1. The molecule has 1 saturated carbocycles. The van der Waals surface area contributed by atoms with Crippen LogP contribution in [0.5, 0.6) is 5.75 Å². The highest BCUT2D eigenvalue weighted by Crippen LogP contribution is 2.38. The van der Waals surface area contributed by atoms with E-state index in [2.05, 4.69) is 11.2 Å². The van der Waals surface area contributed by atoms with Crippen LogP contribution in [-0.4, -0.2) is 12.5 Å². The lowest BCUT2D eigenvalue weighted by Gasteiger charge is -2.18. The SMILES string of the molecule is C#Cc1ccc(Nc2c(F)c(F)c(F)c(OCC3CC3)c2C(N)=O)c(C)c1. The van der Waals surface area contributed by atoms with Gasteiger partial charge < -0.3 is 15.8 Å². The Morgan fingerprint density at radius 2 is 2.00 bits per heavy atom. The van der Waals surface area contributed by atoms with Gasteiger partial charge in [0.2, 0.25) is 5.82 Å². The summed E-state index contributed by atoms with van der Waals surface area (Å²) in [6, 6.07) is 4.77. The number of ether oxygens (including phenoxy) is 1. The van der Waals surface area contributed by atoms with Crippen molar-refractivity contribution in [2.24, 2.45) is 11.7 Å². The average Bonchev–Trinajstić information content (AvgIpc) is 3.46. The summed E-state index contributed by atoms with van der Waals surface area (Å²) in [6.45, 7) is 1.78. The van der Waals surface area contributed by atoms with Gasteiger partial charge in [-0.2, -0.15) is 4.39 Å². The first-order chi connectivity index (χ1) is 12.8. The van der Waals surface area contributed by atoms with Crippen LogP contribution in [-0.2, 0) is 0 Å². The predicted octanol–water partition coefficient (Wildman–Crippen LogP) is 4.02. The molecule has 0 atom stereocenters. The van der Waals surface area contributed by atoms with Crippen LogP contribution < -0.4 is 15.8 Å². The van der Waals surface area contributed by atoms with Crippen molar-refractivity contribution in [3.8, 4) is 18.1 Å². The van der Waals surface area contributed by atoms with Crippen molar-refractivity contribution in [3.05, 3.63) is 52.3 Å². The minimum atomic E-state index is -1.74. The van der Waals surface area contributed by atoms with Crippen LogP contribution in [0.4, 0.5) is 24.5 Å². The molecular weight excluding hydrogens is 357 g/mol. The first-order valence-corrected chi connectivity index (χ1v) is 8.30. The molecule has 2 aromatic carbocycles. The van der Waals surface area contributed by atoms with E-state index in [0.717, 1.165) is 12.8 Å². The Morgan fingerprint density at radius 3 is 2.56 bits per heavy atom. The van der Waals surface area contributed by atoms with Crippen LogP contribution in [0.2, 0.25) is 0 Å². The topological polar surface area (TPSA) is 64.3 Å². The minimum absolute atomic E-state index is 0.0948. The number of nitrogens with two attached hydrogens (primary N) is 1. The normalized spacial score (nSPS) is 13.1. The quantitative estimate of drug-likeness (QED) is 0.593. The van der Waals surface area contributed by atoms with Crippen molar-refractivity contribution >= 4 is 17.3 Å². The number of hydrogen-bond donors (Lipinski definition) is 2. The van der Waals surface area contributed by atoms with Gasteiger partial charge in [0.05, 0.1) is 12.3 Å². The fourth-order valence-electron chi connectivity index (χ4n) is 2.64. The van der Waals surface area contributed by atoms with E-state index in [0.29, 0.717) is 16.8 Å². The third kappa shape index (κ3) is 3.70. The highest BCUT2D eigenvalue weighted by molar-refractivity contribution is 6.02. The molecule has 7 heteroatoms. The molecule has 0 saturated heterocycles. The second-order valence-electron chi connectivity index (χ2n) is 6.44. The van der Waals surface area contributed by atoms with E-state index in [1.54, 1.807) is 25.1 Å². The Bertz CT molecular complexity index is 963. The fourth-order valence-corrected chi connectivity index (χ4v) is 2.64. The van der Waals surface area contributed by atoms with Crippen LogP contribution in [0, 0.1) is 42.6 Å². The number of benzene rings is 2. The zero-order valence-electron chi connectivity index (χ0n) is 14.5. The predicted molar refractivity (Wildman–Crippen MR) is 95.4 cm³/mol. The zero-order chi connectivity index (χ0) is 19.7. The van der Waals surface area contributed by atoms with E-state index in [9.17, 15) is 18.0 Å². The number of aryl methyl sites for hydroxylation is 1. The Labute approximate surface area is 154 Å². The molecule has 4 nitrogen and oxygen atoms in total. The second kappa shape index (κ2) is 7.23. The van der Waals surface area contributed by atoms with Crippen molar-refractivity contribution < 1.29 is 22.7 Å². The average molecular weight is 374 g/mol. The summed E-state index contributed by atoms with van der Waals surface area (Å²) in [4.78, 5) is 11.9. The lowest BCUT2D eigenvalue weighted by Crippen LogP contribution is -2.19. The highest BCUT2D eigenvalue weighted by Gasteiger charge is 2.31. The molecular formula is C20H17F3N2O2. The third-order valence-corrected chi connectivity index (χ3v) is 4.34. The Morgan fingerprint density at radius 1 is 1.30 bits per heavy atom. The molecule has 27 heavy (non-hydrogen) atoms. The number of hydrogen-bond acceptors (Lipinski definition) is 3. The van der Waals surface area contributed by atoms with Crippen molar-refractivity contribution in [1.29, 1.82) is 0 Å². The van der Waals surface area contributed by atoms with E-state index in [1.807, 2.05) is 0 Å². The molecule has 140 valence electrons. The molecule has 0 heterocycles. The highest BCUT2D eigenvalue weighted by atomic mass is 19.2. The molecule has 0 aromatic heterocycles. The maximum absolute atomic E-state index is 14.5. The van der Waals surface area contributed by atoms with Gasteiger partial charge >= 0.3 is 0 Å². The molecule has 0 bridgehead atoms. The molecule has 1 fully saturated rings. The number of carbonyl (C=O) groups excluding carboxylic acids is 1. The number of carbonyl (C=O) groups is 1. The molecule has 0 aliphatic heterocycles. The lowest BCUT2D eigenvalue weighted by atomic mass is 10.1. The molecule has 1 aliphatic rings. The largest absolute Gasteiger partial charge is 0.489 e. The minimum Gasteiger partial charge on any atom is -0.489 e. The van der Waals surface area contributed by atoms with Crippen LogP contribution in [0.25, 0.3) is 0 Å². The smallest absolute Gasteiger partial charge is 0.254 e. The zero-order valence-corrected chi connectivity index (χ0v) is 14.5.